The molecule has 18 heavy (non-hydrogen) atoms. The highest BCUT2D eigenvalue weighted by atomic mass is 16.5. The number of nitrogens with two attached hydrogens (primary N) is 1. The van der Waals surface area contributed by atoms with E-state index in [-0.39, 0.29) is 12.6 Å². The Morgan fingerprint density at radius 2 is 2.44 bits per heavy atom. The van der Waals surface area contributed by atoms with Gasteiger partial charge >= 0.3 is 6.09 Å². The Morgan fingerprint density at radius 1 is 1.67 bits per heavy atom. The third-order valence-electron chi connectivity index (χ3n) is 2.44. The highest BCUT2D eigenvalue weighted by Crippen LogP contribution is 2.27. The van der Waals surface area contributed by atoms with Gasteiger partial charge in [-0.25, -0.2) is 4.79 Å². The third kappa shape index (κ3) is 2.62. The minimum atomic E-state index is -1.08. The van der Waals surface area contributed by atoms with Crippen LogP contribution < -0.4 is 15.8 Å². The number of aromatic amines is 1. The van der Waals surface area contributed by atoms with E-state index in [0.717, 1.165) is 10.9 Å². The second-order valence-electron chi connectivity index (χ2n) is 3.96. The van der Waals surface area contributed by atoms with Crippen LogP contribution >= 0.6 is 0 Å². The molecule has 1 atom stereocenters. The van der Waals surface area contributed by atoms with Crippen molar-refractivity contribution in [1.29, 1.82) is 0 Å². The molecule has 1 heterocycles. The average molecular weight is 250 g/mol. The zero-order chi connectivity index (χ0) is 13.1. The quantitative estimate of drug-likeness (QED) is 0.608. The van der Waals surface area contributed by atoms with E-state index >= 15 is 0 Å². The van der Waals surface area contributed by atoms with E-state index in [1.807, 2.05) is 0 Å². The zero-order valence-corrected chi connectivity index (χ0v) is 9.80. The molecule has 5 N–H and O–H groups in total. The van der Waals surface area contributed by atoms with Crippen molar-refractivity contribution in [2.45, 2.75) is 13.0 Å². The fourth-order valence-corrected chi connectivity index (χ4v) is 1.58. The van der Waals surface area contributed by atoms with Gasteiger partial charge in [-0.3, -0.25) is 5.10 Å². The lowest BCUT2D eigenvalue weighted by molar-refractivity contribution is 0.179. The topological polar surface area (TPSA) is 113 Å². The van der Waals surface area contributed by atoms with E-state index < -0.39 is 6.09 Å². The Hall–Kier alpha value is -2.44. The van der Waals surface area contributed by atoms with Crippen molar-refractivity contribution in [3.05, 3.63) is 18.3 Å². The summed E-state index contributed by atoms with van der Waals surface area (Å²) in [6.07, 6.45) is 0.274. The number of aromatic nitrogens is 2. The number of nitrogens with one attached hydrogen (secondary N) is 2. The lowest BCUT2D eigenvalue weighted by Crippen LogP contribution is -2.32. The van der Waals surface area contributed by atoms with Crippen LogP contribution in [0, 0.1) is 0 Å². The molecule has 2 aromatic rings. The number of H-pyrrole nitrogens is 1. The largest absolute Gasteiger partial charge is 0.487 e. The molecule has 2 rings (SSSR count). The number of fused-ring (bicyclic) bond motifs is 1. The number of hydrogen-bond donors (Lipinski definition) is 4. The smallest absolute Gasteiger partial charge is 0.404 e. The SMILES string of the molecule is C[C@@H](CNC(=O)O)Oc1cc2[nH]ncc2cc1N. The Morgan fingerprint density at radius 3 is 3.17 bits per heavy atom. The minimum Gasteiger partial charge on any atom is -0.487 e. The van der Waals surface area contributed by atoms with Crippen molar-refractivity contribution in [3.8, 4) is 5.75 Å². The molecule has 0 radical (unpaired) electrons. The van der Waals surface area contributed by atoms with E-state index in [9.17, 15) is 4.79 Å². The molecule has 0 saturated carbocycles. The van der Waals surface area contributed by atoms with E-state index in [0.29, 0.717) is 11.4 Å². The fourth-order valence-electron chi connectivity index (χ4n) is 1.58. The number of amides is 1. The van der Waals surface area contributed by atoms with Gasteiger partial charge in [-0.2, -0.15) is 5.10 Å². The molecule has 0 aliphatic heterocycles. The van der Waals surface area contributed by atoms with Crippen LogP contribution in [0.2, 0.25) is 0 Å². The second-order valence-corrected chi connectivity index (χ2v) is 3.96. The normalized spacial score (nSPS) is 12.3. The summed E-state index contributed by atoms with van der Waals surface area (Å²) in [4.78, 5) is 10.4. The predicted octanol–water partition coefficient (Wildman–Crippen LogP) is 1.18. The summed E-state index contributed by atoms with van der Waals surface area (Å²) in [6.45, 7) is 1.95. The van der Waals surface area contributed by atoms with Crippen molar-refractivity contribution < 1.29 is 14.6 Å². The standard InChI is InChI=1S/C11H14N4O3/c1-6(4-13-11(16)17)18-10-3-9-7(2-8(10)12)5-14-15-9/h2-3,5-6,13H,4,12H2,1H3,(H,14,15)(H,16,17)/t6-/m0/s1. The lowest BCUT2D eigenvalue weighted by Gasteiger charge is -2.16. The van der Waals surface area contributed by atoms with Crippen LogP contribution in [0.4, 0.5) is 10.5 Å². The number of rotatable bonds is 4. The van der Waals surface area contributed by atoms with Gasteiger partial charge in [0.1, 0.15) is 11.9 Å². The zero-order valence-electron chi connectivity index (χ0n) is 9.80. The summed E-state index contributed by atoms with van der Waals surface area (Å²) in [6, 6.07) is 3.50. The molecule has 0 fully saturated rings. The van der Waals surface area contributed by atoms with Gasteiger partial charge in [0.25, 0.3) is 0 Å². The highest BCUT2D eigenvalue weighted by Gasteiger charge is 2.10. The van der Waals surface area contributed by atoms with E-state index in [4.69, 9.17) is 15.6 Å². The maximum atomic E-state index is 10.4. The van der Waals surface area contributed by atoms with Crippen molar-refractivity contribution in [2.24, 2.45) is 0 Å². The van der Waals surface area contributed by atoms with E-state index in [1.165, 1.54) is 0 Å². The van der Waals surface area contributed by atoms with Crippen LogP contribution in [0.5, 0.6) is 5.75 Å². The molecule has 1 aromatic carbocycles. The summed E-state index contributed by atoms with van der Waals surface area (Å²) in [5.74, 6) is 0.506. The van der Waals surface area contributed by atoms with Crippen molar-refractivity contribution in [3.63, 3.8) is 0 Å². The van der Waals surface area contributed by atoms with Crippen molar-refractivity contribution >= 4 is 22.7 Å². The Kier molecular flexibility index (Phi) is 3.22. The highest BCUT2D eigenvalue weighted by molar-refractivity contribution is 5.84. The molecule has 0 aliphatic rings. The van der Waals surface area contributed by atoms with Crippen LogP contribution in [-0.2, 0) is 0 Å². The summed E-state index contributed by atoms with van der Waals surface area (Å²) >= 11 is 0. The number of hydrogen-bond acceptors (Lipinski definition) is 4. The predicted molar refractivity (Wildman–Crippen MR) is 66.6 cm³/mol. The Balaban J connectivity index is 2.10. The van der Waals surface area contributed by atoms with Crippen LogP contribution in [0.1, 0.15) is 6.92 Å². The summed E-state index contributed by atoms with van der Waals surface area (Å²) in [5.41, 5.74) is 7.16. The first-order valence-electron chi connectivity index (χ1n) is 5.42. The number of anilines is 1. The van der Waals surface area contributed by atoms with E-state index in [2.05, 4.69) is 15.5 Å². The van der Waals surface area contributed by atoms with Gasteiger partial charge in [0.2, 0.25) is 0 Å². The first kappa shape index (κ1) is 12.0. The molecule has 7 nitrogen and oxygen atoms in total. The number of ether oxygens (including phenoxy) is 1. The first-order chi connectivity index (χ1) is 8.56. The van der Waals surface area contributed by atoms with Crippen LogP contribution in [0.25, 0.3) is 10.9 Å². The van der Waals surface area contributed by atoms with Gasteiger partial charge in [0.05, 0.1) is 23.9 Å². The summed E-state index contributed by atoms with van der Waals surface area (Å²) in [7, 11) is 0. The van der Waals surface area contributed by atoms with Gasteiger partial charge in [-0.05, 0) is 13.0 Å². The molecule has 0 spiro atoms. The maximum absolute atomic E-state index is 10.4. The summed E-state index contributed by atoms with van der Waals surface area (Å²) in [5, 5.41) is 18.4. The molecular weight excluding hydrogens is 236 g/mol. The monoisotopic (exact) mass is 250 g/mol. The molecule has 0 saturated heterocycles. The average Bonchev–Trinajstić information content (AvgIpc) is 2.74. The minimum absolute atomic E-state index is 0.190. The fraction of sp³-hybridized carbons (Fsp3) is 0.273. The molecular formula is C11H14N4O3. The van der Waals surface area contributed by atoms with Gasteiger partial charge < -0.3 is 20.9 Å². The Bertz CT molecular complexity index is 566. The second kappa shape index (κ2) is 4.82. The van der Waals surface area contributed by atoms with Gasteiger partial charge in [-0.15, -0.1) is 0 Å². The Labute approximate surface area is 103 Å². The molecule has 96 valence electrons. The molecule has 0 unspecified atom stereocenters. The molecule has 0 bridgehead atoms. The number of carboxylic acid groups (broad SMARTS) is 1. The van der Waals surface area contributed by atoms with E-state index in [1.54, 1.807) is 25.3 Å². The van der Waals surface area contributed by atoms with Crippen molar-refractivity contribution in [2.75, 3.05) is 12.3 Å². The van der Waals surface area contributed by atoms with Gasteiger partial charge in [0, 0.05) is 11.5 Å². The van der Waals surface area contributed by atoms with Crippen LogP contribution in [-0.4, -0.2) is 34.0 Å². The molecule has 0 aliphatic carbocycles. The number of carbonyl (C=O) groups is 1. The van der Waals surface area contributed by atoms with Gasteiger partial charge in [0.15, 0.2) is 0 Å². The third-order valence-corrected chi connectivity index (χ3v) is 2.44. The van der Waals surface area contributed by atoms with Crippen molar-refractivity contribution in [1.82, 2.24) is 15.5 Å². The molecule has 1 aromatic heterocycles. The first-order valence-corrected chi connectivity index (χ1v) is 5.42. The number of nitrogen functional groups attached to an aromatic ring is 1. The van der Waals surface area contributed by atoms with Gasteiger partial charge in [-0.1, -0.05) is 0 Å². The van der Waals surface area contributed by atoms with Crippen LogP contribution in [0.3, 0.4) is 0 Å². The lowest BCUT2D eigenvalue weighted by atomic mass is 10.2. The maximum Gasteiger partial charge on any atom is 0.404 e. The molecule has 7 heteroatoms. The number of nitrogens with zero attached hydrogens (tertiary/aromatic N) is 1. The molecule has 1 amide bonds. The summed E-state index contributed by atoms with van der Waals surface area (Å²) < 4.78 is 5.57. The number of benzene rings is 1. The van der Waals surface area contributed by atoms with Crippen LogP contribution in [0.15, 0.2) is 18.3 Å².